The van der Waals surface area contributed by atoms with Crippen molar-refractivity contribution >= 4 is 0 Å². The Balaban J connectivity index is 0.531. The van der Waals surface area contributed by atoms with Crippen LogP contribution in [0.5, 0.6) is 0 Å². The fourth-order valence-electron chi connectivity index (χ4n) is 25.5. The lowest BCUT2D eigenvalue weighted by Crippen LogP contribution is -2.61. The highest BCUT2D eigenvalue weighted by molar-refractivity contribution is 5.10. The SMILES string of the molecule is CC1CCC(N(C2CCC(C=CC3CCC(C4CCC(C=CC5CCC(N(C6CCC(C)CC6)C6CCC7CCC8CCCC9CCC6C7C89)CC5)CC4)CC3)CC2)C2CCC3CCC4CCCC5CCC2C3C45)CC1. The van der Waals surface area contributed by atoms with Gasteiger partial charge < -0.3 is 0 Å². The van der Waals surface area contributed by atoms with Gasteiger partial charge in [-0.1, -0.05) is 76.7 Å². The number of nitrogens with zero attached hydrogens (tertiary/aromatic N) is 2. The van der Waals surface area contributed by atoms with Crippen molar-refractivity contribution in [2.45, 2.75) is 320 Å². The van der Waals surface area contributed by atoms with Crippen molar-refractivity contribution in [3.05, 3.63) is 24.3 Å². The van der Waals surface area contributed by atoms with E-state index in [0.717, 1.165) is 155 Å². The molecule has 0 bridgehead atoms. The zero-order valence-electron chi connectivity index (χ0n) is 49.9. The quantitative estimate of drug-likeness (QED) is 0.190. The summed E-state index contributed by atoms with van der Waals surface area (Å²) in [5.41, 5.74) is 0. The lowest BCUT2D eigenvalue weighted by Gasteiger charge is -2.62. The standard InChI is InChI=1S/C74H120N2/c1-49-9-37-63(38-10-49)75(69-47-35-61-31-29-57-5-3-7-59-33-45-67(69)73(61)71(57)59)65-41-21-53(22-42-65)15-13-51-17-25-55(26-18-51)56-27-19-52(20-28-56)14-16-54-23-43-66(44-24-54)76(64-39-11-50(2)12-40-64)70-48-36-62-32-30-58-6-4-8-60-34-46-68(70)74(62)72(58)60/h13-16,49-74H,3-12,17-48H2,1-2H3. The van der Waals surface area contributed by atoms with Crippen LogP contribution in [-0.2, 0) is 0 Å². The molecule has 2 nitrogen and oxygen atoms in total. The Hall–Kier alpha value is -0.600. The fourth-order valence-corrected chi connectivity index (χ4v) is 25.5. The summed E-state index contributed by atoms with van der Waals surface area (Å²) in [5, 5.41) is 0. The minimum atomic E-state index is 0.860. The highest BCUT2D eigenvalue weighted by Gasteiger charge is 2.57. The molecule has 0 aromatic heterocycles. The van der Waals surface area contributed by atoms with Gasteiger partial charge in [-0.15, -0.1) is 0 Å². The molecule has 14 saturated carbocycles. The van der Waals surface area contributed by atoms with E-state index >= 15 is 0 Å². The van der Waals surface area contributed by atoms with Gasteiger partial charge in [-0.25, -0.2) is 0 Å². The Morgan fingerprint density at radius 3 is 0.803 bits per heavy atom. The molecule has 0 saturated heterocycles. The average molecular weight is 1040 g/mol. The monoisotopic (exact) mass is 1040 g/mol. The number of rotatable bonds is 11. The molecule has 0 amide bonds. The Morgan fingerprint density at radius 1 is 0.224 bits per heavy atom. The molecule has 0 spiro atoms. The Kier molecular flexibility index (Phi) is 16.8. The van der Waals surface area contributed by atoms with Gasteiger partial charge in [-0.2, -0.15) is 0 Å². The maximum Gasteiger partial charge on any atom is 0.0132 e. The molecule has 0 N–H and O–H groups in total. The first kappa shape index (κ1) is 53.4. The van der Waals surface area contributed by atoms with Gasteiger partial charge in [0.1, 0.15) is 0 Å². The molecule has 0 aliphatic heterocycles. The van der Waals surface area contributed by atoms with Gasteiger partial charge in [0.05, 0.1) is 0 Å². The molecule has 0 aromatic carbocycles. The van der Waals surface area contributed by atoms with Crippen LogP contribution in [0.15, 0.2) is 24.3 Å². The molecule has 426 valence electrons. The van der Waals surface area contributed by atoms with E-state index in [4.69, 9.17) is 0 Å². The molecule has 14 aliphatic carbocycles. The van der Waals surface area contributed by atoms with Crippen LogP contribution in [0.25, 0.3) is 0 Å². The first-order chi connectivity index (χ1) is 37.5. The first-order valence-electron chi connectivity index (χ1n) is 36.4. The molecule has 0 heterocycles. The van der Waals surface area contributed by atoms with Crippen LogP contribution in [-0.4, -0.2) is 46.1 Å². The lowest BCUT2D eigenvalue weighted by molar-refractivity contribution is -0.124. The van der Waals surface area contributed by atoms with Crippen molar-refractivity contribution < 1.29 is 0 Å². The van der Waals surface area contributed by atoms with Crippen LogP contribution in [0.2, 0.25) is 0 Å². The first-order valence-corrected chi connectivity index (χ1v) is 36.4. The van der Waals surface area contributed by atoms with E-state index in [2.05, 4.69) is 48.0 Å². The number of hydrogen-bond acceptors (Lipinski definition) is 2. The van der Waals surface area contributed by atoms with E-state index < -0.39 is 0 Å². The number of allylic oxidation sites excluding steroid dienone is 4. The van der Waals surface area contributed by atoms with E-state index in [0.29, 0.717) is 0 Å². The minimum absolute atomic E-state index is 0.860. The molecule has 14 unspecified atom stereocenters. The van der Waals surface area contributed by atoms with Gasteiger partial charge in [-0.05, 0) is 350 Å². The lowest BCUT2D eigenvalue weighted by atomic mass is 9.47. The predicted octanol–water partition coefficient (Wildman–Crippen LogP) is 19.9. The largest absolute Gasteiger partial charge is 0.294 e. The second-order valence-electron chi connectivity index (χ2n) is 32.6. The zero-order chi connectivity index (χ0) is 50.7. The third-order valence-corrected chi connectivity index (χ3v) is 29.2. The predicted molar refractivity (Wildman–Crippen MR) is 320 cm³/mol. The fraction of sp³-hybridized carbons (Fsp3) is 0.946. The van der Waals surface area contributed by atoms with Crippen molar-refractivity contribution in [2.75, 3.05) is 0 Å². The van der Waals surface area contributed by atoms with Crippen molar-refractivity contribution in [1.29, 1.82) is 0 Å². The molecule has 76 heavy (non-hydrogen) atoms. The molecular formula is C74H120N2. The highest BCUT2D eigenvalue weighted by atomic mass is 15.2. The van der Waals surface area contributed by atoms with Gasteiger partial charge in [0.2, 0.25) is 0 Å². The van der Waals surface area contributed by atoms with Gasteiger partial charge in [0, 0.05) is 36.3 Å². The van der Waals surface area contributed by atoms with Crippen LogP contribution in [0.1, 0.15) is 284 Å². The Morgan fingerprint density at radius 2 is 0.474 bits per heavy atom. The molecule has 0 aromatic rings. The summed E-state index contributed by atoms with van der Waals surface area (Å²) >= 11 is 0. The topological polar surface area (TPSA) is 6.48 Å². The van der Waals surface area contributed by atoms with Gasteiger partial charge in [0.15, 0.2) is 0 Å². The molecular weight excluding hydrogens is 917 g/mol. The Labute approximate surface area is 469 Å². The normalized spacial score (nSPS) is 51.8. The molecule has 14 aliphatic rings. The molecule has 0 radical (unpaired) electrons. The van der Waals surface area contributed by atoms with E-state index in [1.54, 1.807) is 116 Å². The summed E-state index contributed by atoms with van der Waals surface area (Å²) in [5.74, 6) is 20.6. The molecule has 14 fully saturated rings. The van der Waals surface area contributed by atoms with Crippen LogP contribution in [0, 0.1) is 118 Å². The molecule has 2 heteroatoms. The van der Waals surface area contributed by atoms with Gasteiger partial charge in [-0.3, -0.25) is 9.80 Å². The second-order valence-corrected chi connectivity index (χ2v) is 32.6. The summed E-state index contributed by atoms with van der Waals surface area (Å²) in [6, 6.07) is 5.42. The summed E-state index contributed by atoms with van der Waals surface area (Å²) in [7, 11) is 0. The van der Waals surface area contributed by atoms with Crippen molar-refractivity contribution in [3.63, 3.8) is 0 Å². The zero-order valence-corrected chi connectivity index (χ0v) is 49.9. The van der Waals surface area contributed by atoms with Crippen molar-refractivity contribution in [1.82, 2.24) is 9.80 Å². The van der Waals surface area contributed by atoms with Gasteiger partial charge in [0.25, 0.3) is 0 Å². The smallest absolute Gasteiger partial charge is 0.0132 e. The minimum Gasteiger partial charge on any atom is -0.294 e. The van der Waals surface area contributed by atoms with Crippen molar-refractivity contribution in [3.8, 4) is 0 Å². The average Bonchev–Trinajstić information content (AvgIpc) is 3.61. The third kappa shape index (κ3) is 11.0. The van der Waals surface area contributed by atoms with E-state index in [-0.39, 0.29) is 0 Å². The number of hydrogen-bond donors (Lipinski definition) is 0. The maximum atomic E-state index is 3.38. The van der Waals surface area contributed by atoms with Crippen molar-refractivity contribution in [2.24, 2.45) is 118 Å². The second kappa shape index (κ2) is 23.9. The van der Waals surface area contributed by atoms with Crippen LogP contribution in [0.3, 0.4) is 0 Å². The van der Waals surface area contributed by atoms with E-state index in [1.807, 2.05) is 0 Å². The van der Waals surface area contributed by atoms with Crippen LogP contribution < -0.4 is 0 Å². The highest BCUT2D eigenvalue weighted by Crippen LogP contribution is 2.63. The maximum absolute atomic E-state index is 3.38. The van der Waals surface area contributed by atoms with E-state index in [9.17, 15) is 0 Å². The van der Waals surface area contributed by atoms with Gasteiger partial charge >= 0.3 is 0 Å². The third-order valence-electron chi connectivity index (χ3n) is 29.2. The summed E-state index contributed by atoms with van der Waals surface area (Å²) < 4.78 is 0. The van der Waals surface area contributed by atoms with E-state index in [1.165, 1.54) is 154 Å². The molecule has 14 atom stereocenters. The summed E-state index contributed by atoms with van der Waals surface area (Å²) in [4.78, 5) is 6.76. The van der Waals surface area contributed by atoms with Crippen LogP contribution >= 0.6 is 0 Å². The molecule has 14 rings (SSSR count). The summed E-state index contributed by atoms with van der Waals surface area (Å²) in [6.45, 7) is 5.12. The van der Waals surface area contributed by atoms with Crippen LogP contribution in [0.4, 0.5) is 0 Å². The summed E-state index contributed by atoms with van der Waals surface area (Å²) in [6.07, 6.45) is 75.7. The Bertz CT molecular complexity index is 1740.